The molecule has 1 atom stereocenters. The summed E-state index contributed by atoms with van der Waals surface area (Å²) >= 11 is 0. The average Bonchev–Trinajstić information content (AvgIpc) is 3.29. The lowest BCUT2D eigenvalue weighted by Gasteiger charge is -2.18. The van der Waals surface area contributed by atoms with Crippen molar-refractivity contribution in [3.05, 3.63) is 122 Å². The van der Waals surface area contributed by atoms with E-state index in [4.69, 9.17) is 14.2 Å². The smallest absolute Gasteiger partial charge is 0.309 e. The molecule has 360 valence electrons. The van der Waals surface area contributed by atoms with Crippen molar-refractivity contribution in [1.82, 2.24) is 0 Å². The van der Waals surface area contributed by atoms with Crippen molar-refractivity contribution in [2.45, 2.75) is 213 Å². The van der Waals surface area contributed by atoms with E-state index < -0.39 is 12.1 Å². The third kappa shape index (κ3) is 48.8. The summed E-state index contributed by atoms with van der Waals surface area (Å²) in [7, 11) is 0. The Bertz CT molecular complexity index is 1390. The molecule has 0 aromatic heterocycles. The Balaban J connectivity index is 4.48. The molecule has 6 nitrogen and oxygen atoms in total. The molecule has 0 radical (unpaired) electrons. The zero-order valence-electron chi connectivity index (χ0n) is 41.0. The predicted molar refractivity (Wildman–Crippen MR) is 274 cm³/mol. The van der Waals surface area contributed by atoms with Gasteiger partial charge in [0.15, 0.2) is 6.10 Å². The quantitative estimate of drug-likeness (QED) is 0.0199. The summed E-state index contributed by atoms with van der Waals surface area (Å²) in [6.07, 6.45) is 70.8. The Hall–Kier alpha value is -4.19. The lowest BCUT2D eigenvalue weighted by Crippen LogP contribution is -2.30. The molecule has 0 rings (SSSR count). The largest absolute Gasteiger partial charge is 0.462 e. The Morgan fingerprint density at radius 3 is 1.20 bits per heavy atom. The second-order valence-electron chi connectivity index (χ2n) is 16.4. The minimum absolute atomic E-state index is 0.120. The maximum absolute atomic E-state index is 12.8. The van der Waals surface area contributed by atoms with Gasteiger partial charge in [-0.2, -0.15) is 0 Å². The molecule has 0 saturated heterocycles. The number of allylic oxidation sites excluding steroid dienone is 19. The maximum Gasteiger partial charge on any atom is 0.309 e. The molecule has 0 heterocycles. The van der Waals surface area contributed by atoms with Crippen molar-refractivity contribution in [2.75, 3.05) is 13.2 Å². The molecular formula is C58H92O6. The fourth-order valence-electron chi connectivity index (χ4n) is 6.46. The number of hydrogen-bond donors (Lipinski definition) is 0. The molecule has 0 aliphatic rings. The van der Waals surface area contributed by atoms with E-state index in [1.807, 2.05) is 6.08 Å². The van der Waals surface area contributed by atoms with Crippen molar-refractivity contribution in [3.8, 4) is 0 Å². The second-order valence-corrected chi connectivity index (χ2v) is 16.4. The van der Waals surface area contributed by atoms with Crippen LogP contribution in [0.15, 0.2) is 122 Å². The van der Waals surface area contributed by atoms with Gasteiger partial charge in [0, 0.05) is 12.8 Å². The van der Waals surface area contributed by atoms with E-state index in [-0.39, 0.29) is 38.0 Å². The summed E-state index contributed by atoms with van der Waals surface area (Å²) in [5, 5.41) is 0. The summed E-state index contributed by atoms with van der Waals surface area (Å²) in [5.41, 5.74) is 0. The molecule has 0 aromatic rings. The molecule has 0 amide bonds. The zero-order chi connectivity index (χ0) is 46.5. The van der Waals surface area contributed by atoms with Gasteiger partial charge >= 0.3 is 17.9 Å². The van der Waals surface area contributed by atoms with Gasteiger partial charge in [-0.05, 0) is 103 Å². The molecule has 0 fully saturated rings. The topological polar surface area (TPSA) is 78.9 Å². The van der Waals surface area contributed by atoms with Crippen molar-refractivity contribution < 1.29 is 28.6 Å². The van der Waals surface area contributed by atoms with Crippen LogP contribution in [0.2, 0.25) is 0 Å². The van der Waals surface area contributed by atoms with E-state index in [2.05, 4.69) is 130 Å². The highest BCUT2D eigenvalue weighted by Crippen LogP contribution is 2.12. The van der Waals surface area contributed by atoms with Crippen molar-refractivity contribution in [3.63, 3.8) is 0 Å². The van der Waals surface area contributed by atoms with Gasteiger partial charge < -0.3 is 14.2 Å². The maximum atomic E-state index is 12.8. The number of rotatable bonds is 44. The first-order valence-corrected chi connectivity index (χ1v) is 25.6. The van der Waals surface area contributed by atoms with Gasteiger partial charge in [-0.3, -0.25) is 14.4 Å². The van der Waals surface area contributed by atoms with Crippen molar-refractivity contribution >= 4 is 17.9 Å². The van der Waals surface area contributed by atoms with Crippen LogP contribution in [0.25, 0.3) is 0 Å². The SMILES string of the molecule is CC/C=C\C/C=C\C/C=C\C/C=C\C/C=C\CCCCCC(=O)OCC(COC(=O)C/C=C\C/C=C\C/C=C\CC)OC(=O)CCCCCCC/C=C\C=C/CCCCCCCCC. The second kappa shape index (κ2) is 51.4. The summed E-state index contributed by atoms with van der Waals surface area (Å²) < 4.78 is 16.6. The standard InChI is InChI=1S/C58H92O6/c1-4-7-10-13-16-19-21-23-25-27-29-31-32-34-36-39-42-45-48-51-57(60)63-54-55(53-62-56(59)50-47-44-41-38-18-15-12-9-6-3)64-58(61)52-49-46-43-40-37-35-33-30-28-26-24-22-20-17-14-11-8-5-2/h7,9-10,12,16,18-19,23,25-26,28-31,33-34,36,38,44,47,55H,4-6,8,11,13-15,17,20-22,24,27,32,35,37,39-43,45-46,48-54H2,1-3H3/b10-7-,12-9-,19-16-,25-23-,28-26-,31-29-,33-30-,36-34-,38-18-,47-44-. The number of esters is 3. The first kappa shape index (κ1) is 59.8. The van der Waals surface area contributed by atoms with E-state index in [0.717, 1.165) is 116 Å². The Morgan fingerprint density at radius 1 is 0.359 bits per heavy atom. The Morgan fingerprint density at radius 2 is 0.719 bits per heavy atom. The molecule has 0 aliphatic carbocycles. The van der Waals surface area contributed by atoms with Crippen molar-refractivity contribution in [2.24, 2.45) is 0 Å². The van der Waals surface area contributed by atoms with Crippen LogP contribution in [0.1, 0.15) is 207 Å². The van der Waals surface area contributed by atoms with Crippen LogP contribution in [-0.2, 0) is 28.6 Å². The number of ether oxygens (including phenoxy) is 3. The normalized spacial score (nSPS) is 13.1. The van der Waals surface area contributed by atoms with Crippen LogP contribution < -0.4 is 0 Å². The van der Waals surface area contributed by atoms with Crippen LogP contribution in [-0.4, -0.2) is 37.2 Å². The number of carbonyl (C=O) groups is 3. The average molecular weight is 885 g/mol. The van der Waals surface area contributed by atoms with Gasteiger partial charge in [0.2, 0.25) is 0 Å². The molecular weight excluding hydrogens is 793 g/mol. The van der Waals surface area contributed by atoms with E-state index in [9.17, 15) is 14.4 Å². The molecule has 0 aliphatic heterocycles. The highest BCUT2D eigenvalue weighted by Gasteiger charge is 2.19. The van der Waals surface area contributed by atoms with Gasteiger partial charge in [-0.1, -0.05) is 206 Å². The van der Waals surface area contributed by atoms with Crippen LogP contribution in [0, 0.1) is 0 Å². The summed E-state index contributed by atoms with van der Waals surface area (Å²) in [6, 6.07) is 0. The van der Waals surface area contributed by atoms with Gasteiger partial charge in [0.25, 0.3) is 0 Å². The molecule has 0 aromatic carbocycles. The van der Waals surface area contributed by atoms with Gasteiger partial charge in [0.1, 0.15) is 13.2 Å². The first-order chi connectivity index (χ1) is 31.5. The van der Waals surface area contributed by atoms with E-state index in [0.29, 0.717) is 6.42 Å². The molecule has 0 saturated carbocycles. The lowest BCUT2D eigenvalue weighted by atomic mass is 10.1. The molecule has 0 N–H and O–H groups in total. The highest BCUT2D eigenvalue weighted by atomic mass is 16.6. The third-order valence-electron chi connectivity index (χ3n) is 10.2. The Labute approximate surface area is 392 Å². The minimum atomic E-state index is -0.838. The first-order valence-electron chi connectivity index (χ1n) is 25.6. The van der Waals surface area contributed by atoms with Crippen LogP contribution >= 0.6 is 0 Å². The van der Waals surface area contributed by atoms with Crippen LogP contribution in [0.5, 0.6) is 0 Å². The van der Waals surface area contributed by atoms with E-state index >= 15 is 0 Å². The van der Waals surface area contributed by atoms with Crippen LogP contribution in [0.3, 0.4) is 0 Å². The Kier molecular flexibility index (Phi) is 48.1. The van der Waals surface area contributed by atoms with E-state index in [1.54, 1.807) is 6.08 Å². The molecule has 0 spiro atoms. The molecule has 64 heavy (non-hydrogen) atoms. The van der Waals surface area contributed by atoms with Gasteiger partial charge in [-0.15, -0.1) is 0 Å². The fraction of sp³-hybridized carbons (Fsp3) is 0.603. The number of carbonyl (C=O) groups excluding carboxylic acids is 3. The fourth-order valence-corrected chi connectivity index (χ4v) is 6.46. The molecule has 0 bridgehead atoms. The minimum Gasteiger partial charge on any atom is -0.462 e. The molecule has 6 heteroatoms. The third-order valence-corrected chi connectivity index (χ3v) is 10.2. The summed E-state index contributed by atoms with van der Waals surface area (Å²) in [6.45, 7) is 6.24. The van der Waals surface area contributed by atoms with E-state index in [1.165, 1.54) is 51.4 Å². The summed E-state index contributed by atoms with van der Waals surface area (Å²) in [4.78, 5) is 37.8. The highest BCUT2D eigenvalue weighted by molar-refractivity contribution is 5.72. The van der Waals surface area contributed by atoms with Crippen molar-refractivity contribution in [1.29, 1.82) is 0 Å². The lowest BCUT2D eigenvalue weighted by molar-refractivity contribution is -0.166. The monoisotopic (exact) mass is 885 g/mol. The number of unbranched alkanes of at least 4 members (excludes halogenated alkanes) is 15. The number of hydrogen-bond acceptors (Lipinski definition) is 6. The van der Waals surface area contributed by atoms with Gasteiger partial charge in [-0.25, -0.2) is 0 Å². The zero-order valence-corrected chi connectivity index (χ0v) is 41.0. The van der Waals surface area contributed by atoms with Crippen LogP contribution in [0.4, 0.5) is 0 Å². The van der Waals surface area contributed by atoms with Gasteiger partial charge in [0.05, 0.1) is 6.42 Å². The summed E-state index contributed by atoms with van der Waals surface area (Å²) in [5.74, 6) is -1.11. The predicted octanol–water partition coefficient (Wildman–Crippen LogP) is 16.9. The molecule has 1 unspecified atom stereocenters.